The van der Waals surface area contributed by atoms with Crippen molar-refractivity contribution in [1.29, 1.82) is 0 Å². The number of morpholine rings is 1. The minimum Gasteiger partial charge on any atom is -0.494 e. The Morgan fingerprint density at radius 2 is 2.03 bits per heavy atom. The largest absolute Gasteiger partial charge is 0.494 e. The van der Waals surface area contributed by atoms with Gasteiger partial charge in [-0.1, -0.05) is 29.8 Å². The van der Waals surface area contributed by atoms with Crippen LogP contribution in [0.4, 0.5) is 5.82 Å². The molecule has 2 aromatic carbocycles. The van der Waals surface area contributed by atoms with Gasteiger partial charge in [0.15, 0.2) is 11.6 Å². The van der Waals surface area contributed by atoms with Gasteiger partial charge in [0, 0.05) is 42.2 Å². The number of carbonyl (C=O) groups excluding carboxylic acids is 1. The molecular formula is C29H31ClN4O4. The van der Waals surface area contributed by atoms with Crippen molar-refractivity contribution in [2.24, 2.45) is 0 Å². The van der Waals surface area contributed by atoms with Gasteiger partial charge in [-0.05, 0) is 50.3 Å². The van der Waals surface area contributed by atoms with E-state index >= 15 is 0 Å². The predicted molar refractivity (Wildman–Crippen MR) is 149 cm³/mol. The monoisotopic (exact) mass is 534 g/mol. The highest BCUT2D eigenvalue weighted by Crippen LogP contribution is 2.31. The molecule has 0 amide bonds. The minimum atomic E-state index is -0.107. The summed E-state index contributed by atoms with van der Waals surface area (Å²) in [5.41, 5.74) is 2.30. The van der Waals surface area contributed by atoms with Crippen LogP contribution in [0.25, 0.3) is 22.3 Å². The van der Waals surface area contributed by atoms with E-state index in [1.165, 1.54) is 0 Å². The van der Waals surface area contributed by atoms with Crippen LogP contribution in [0.1, 0.15) is 20.3 Å². The van der Waals surface area contributed by atoms with E-state index in [-0.39, 0.29) is 17.2 Å². The van der Waals surface area contributed by atoms with Crippen LogP contribution in [0.3, 0.4) is 0 Å². The smallest absolute Gasteiger partial charge is 0.178 e. The summed E-state index contributed by atoms with van der Waals surface area (Å²) in [7, 11) is 0. The number of fused-ring (bicyclic) bond motifs is 1. The lowest BCUT2D eigenvalue weighted by atomic mass is 10.1. The van der Waals surface area contributed by atoms with Crippen molar-refractivity contribution in [2.45, 2.75) is 26.3 Å². The third kappa shape index (κ3) is 6.15. The Hall–Kier alpha value is -3.46. The molecule has 1 unspecified atom stereocenters. The SMILES string of the molecule is CCOc1ccc2nc(-c3cccc(OCCN4CCOCC4C)c3)nc(NC3=CCC(=O)C(Cl)=C3)c2c1. The van der Waals surface area contributed by atoms with Crippen molar-refractivity contribution in [3.8, 4) is 22.9 Å². The van der Waals surface area contributed by atoms with E-state index in [1.807, 2.05) is 49.4 Å². The normalized spacial score (nSPS) is 18.2. The number of anilines is 1. The summed E-state index contributed by atoms with van der Waals surface area (Å²) in [4.78, 5) is 23.9. The van der Waals surface area contributed by atoms with Crippen LogP contribution in [0, 0.1) is 0 Å². The maximum Gasteiger partial charge on any atom is 0.178 e. The quantitative estimate of drug-likeness (QED) is 0.401. The lowest BCUT2D eigenvalue weighted by molar-refractivity contribution is -0.114. The van der Waals surface area contributed by atoms with Crippen LogP contribution >= 0.6 is 11.6 Å². The Kier molecular flexibility index (Phi) is 8.22. The van der Waals surface area contributed by atoms with E-state index in [0.29, 0.717) is 36.6 Å². The molecule has 1 aliphatic carbocycles. The van der Waals surface area contributed by atoms with Crippen LogP contribution in [0.15, 0.2) is 65.3 Å². The van der Waals surface area contributed by atoms with Crippen molar-refractivity contribution in [2.75, 3.05) is 44.8 Å². The Balaban J connectivity index is 1.41. The van der Waals surface area contributed by atoms with Crippen molar-refractivity contribution in [3.63, 3.8) is 0 Å². The lowest BCUT2D eigenvalue weighted by Gasteiger charge is -2.32. The molecule has 1 N–H and O–H groups in total. The maximum absolute atomic E-state index is 11.8. The Labute approximate surface area is 227 Å². The number of nitrogens with zero attached hydrogens (tertiary/aromatic N) is 3. The van der Waals surface area contributed by atoms with Crippen molar-refractivity contribution in [1.82, 2.24) is 14.9 Å². The first-order valence-electron chi connectivity index (χ1n) is 12.9. The zero-order chi connectivity index (χ0) is 26.5. The fourth-order valence-electron chi connectivity index (χ4n) is 4.49. The zero-order valence-electron chi connectivity index (χ0n) is 21.6. The topological polar surface area (TPSA) is 85.8 Å². The molecule has 0 spiro atoms. The first-order chi connectivity index (χ1) is 18.5. The molecule has 0 radical (unpaired) electrons. The summed E-state index contributed by atoms with van der Waals surface area (Å²) in [6, 6.07) is 13.9. The van der Waals surface area contributed by atoms with Gasteiger partial charge in [0.25, 0.3) is 0 Å². The van der Waals surface area contributed by atoms with Gasteiger partial charge in [-0.3, -0.25) is 9.69 Å². The van der Waals surface area contributed by atoms with Crippen LogP contribution in [-0.2, 0) is 9.53 Å². The summed E-state index contributed by atoms with van der Waals surface area (Å²) in [6.45, 7) is 8.52. The summed E-state index contributed by atoms with van der Waals surface area (Å²) in [5, 5.41) is 4.33. The van der Waals surface area contributed by atoms with Gasteiger partial charge >= 0.3 is 0 Å². The van der Waals surface area contributed by atoms with E-state index < -0.39 is 0 Å². The molecule has 9 heteroatoms. The molecule has 2 aliphatic rings. The number of allylic oxidation sites excluding steroid dienone is 3. The molecule has 8 nitrogen and oxygen atoms in total. The van der Waals surface area contributed by atoms with Crippen molar-refractivity contribution >= 4 is 34.1 Å². The molecule has 198 valence electrons. The number of hydrogen-bond acceptors (Lipinski definition) is 8. The molecule has 3 aromatic rings. The summed E-state index contributed by atoms with van der Waals surface area (Å²) >= 11 is 6.11. The highest BCUT2D eigenvalue weighted by atomic mass is 35.5. The van der Waals surface area contributed by atoms with Crippen LogP contribution in [0.5, 0.6) is 11.5 Å². The van der Waals surface area contributed by atoms with E-state index in [1.54, 1.807) is 12.2 Å². The number of hydrogen-bond donors (Lipinski definition) is 1. The molecule has 5 rings (SSSR count). The Bertz CT molecular complexity index is 1390. The number of ether oxygens (including phenoxy) is 3. The van der Waals surface area contributed by atoms with E-state index in [9.17, 15) is 4.79 Å². The number of rotatable bonds is 9. The molecular weight excluding hydrogens is 504 g/mol. The number of carbonyl (C=O) groups is 1. The molecule has 1 saturated heterocycles. The van der Waals surface area contributed by atoms with Crippen molar-refractivity contribution in [3.05, 3.63) is 65.3 Å². The highest BCUT2D eigenvalue weighted by Gasteiger charge is 2.19. The van der Waals surface area contributed by atoms with Gasteiger partial charge in [0.05, 0.1) is 30.4 Å². The fraction of sp³-hybridized carbons (Fsp3) is 0.345. The number of benzene rings is 2. The van der Waals surface area contributed by atoms with E-state index in [0.717, 1.165) is 54.3 Å². The molecule has 1 aliphatic heterocycles. The third-order valence-electron chi connectivity index (χ3n) is 6.54. The molecule has 38 heavy (non-hydrogen) atoms. The first kappa shape index (κ1) is 26.2. The minimum absolute atomic E-state index is 0.107. The number of aromatic nitrogens is 2. The van der Waals surface area contributed by atoms with E-state index in [2.05, 4.69) is 17.1 Å². The van der Waals surface area contributed by atoms with Crippen molar-refractivity contribution < 1.29 is 19.0 Å². The predicted octanol–water partition coefficient (Wildman–Crippen LogP) is 5.19. The Morgan fingerprint density at radius 1 is 1.16 bits per heavy atom. The average Bonchev–Trinajstić information content (AvgIpc) is 2.92. The average molecular weight is 535 g/mol. The second-order valence-corrected chi connectivity index (χ2v) is 9.66. The number of Topliss-reactive ketones (excluding diaryl/α,β-unsaturated/α-hetero) is 1. The van der Waals surface area contributed by atoms with Crippen LogP contribution < -0.4 is 14.8 Å². The van der Waals surface area contributed by atoms with Crippen LogP contribution in [-0.4, -0.2) is 66.2 Å². The second kappa shape index (κ2) is 11.9. The van der Waals surface area contributed by atoms with Crippen LogP contribution in [0.2, 0.25) is 0 Å². The second-order valence-electron chi connectivity index (χ2n) is 9.25. The lowest BCUT2D eigenvalue weighted by Crippen LogP contribution is -2.45. The van der Waals surface area contributed by atoms with Gasteiger partial charge in [0.1, 0.15) is 23.9 Å². The van der Waals surface area contributed by atoms with Gasteiger partial charge in [0.2, 0.25) is 0 Å². The number of nitrogens with one attached hydrogen (secondary N) is 1. The third-order valence-corrected chi connectivity index (χ3v) is 6.86. The summed E-state index contributed by atoms with van der Waals surface area (Å²) < 4.78 is 17.3. The maximum atomic E-state index is 11.8. The standard InChI is InChI=1S/C29H31ClN4O4/c1-3-37-23-8-9-26-24(17-23)29(31-21-7-10-27(35)25(30)16-21)33-28(32-26)20-5-4-6-22(15-20)38-14-12-34-11-13-36-18-19(34)2/h4-9,15-17,19H,3,10-14,18H2,1-2H3,(H,31,32,33). The molecule has 1 atom stereocenters. The number of ketones is 1. The molecule has 1 aromatic heterocycles. The van der Waals surface area contributed by atoms with Gasteiger partial charge in [-0.15, -0.1) is 0 Å². The molecule has 2 heterocycles. The van der Waals surface area contributed by atoms with E-state index in [4.69, 9.17) is 35.8 Å². The zero-order valence-corrected chi connectivity index (χ0v) is 22.3. The molecule has 0 bridgehead atoms. The van der Waals surface area contributed by atoms with Gasteiger partial charge in [-0.2, -0.15) is 0 Å². The highest BCUT2D eigenvalue weighted by molar-refractivity contribution is 6.43. The van der Waals surface area contributed by atoms with Gasteiger partial charge in [-0.25, -0.2) is 9.97 Å². The molecule has 0 saturated carbocycles. The molecule has 1 fully saturated rings. The summed E-state index contributed by atoms with van der Waals surface area (Å²) in [6.07, 6.45) is 3.66. The summed E-state index contributed by atoms with van der Waals surface area (Å²) in [5.74, 6) is 2.53. The Morgan fingerprint density at radius 3 is 2.84 bits per heavy atom. The first-order valence-corrected chi connectivity index (χ1v) is 13.2. The number of halogens is 1. The fourth-order valence-corrected chi connectivity index (χ4v) is 4.68. The van der Waals surface area contributed by atoms with Gasteiger partial charge < -0.3 is 19.5 Å².